The quantitative estimate of drug-likeness (QED) is 0.865. The van der Waals surface area contributed by atoms with Gasteiger partial charge in [0.05, 0.1) is 11.6 Å². The lowest BCUT2D eigenvalue weighted by Crippen LogP contribution is -2.54. The monoisotopic (exact) mass is 300 g/mol. The van der Waals surface area contributed by atoms with Crippen molar-refractivity contribution in [3.63, 3.8) is 0 Å². The van der Waals surface area contributed by atoms with Crippen molar-refractivity contribution in [3.05, 3.63) is 28.5 Å². The van der Waals surface area contributed by atoms with Crippen LogP contribution in [0.25, 0.3) is 0 Å². The van der Waals surface area contributed by atoms with Crippen LogP contribution in [-0.2, 0) is 4.79 Å². The smallest absolute Gasteiger partial charge is 0.292 e. The minimum atomic E-state index is -0.486. The molecule has 3 amide bonds. The Morgan fingerprint density at radius 3 is 2.82 bits per heavy atom. The fraction of sp³-hybridized carbons (Fsp3) is 0.273. The molecule has 4 nitrogen and oxygen atoms in total. The van der Waals surface area contributed by atoms with Crippen molar-refractivity contribution in [2.75, 3.05) is 11.4 Å². The van der Waals surface area contributed by atoms with Gasteiger partial charge in [-0.05, 0) is 34.1 Å². The molecule has 2 rings (SSSR count). The Bertz CT molecular complexity index is 492. The molecule has 1 unspecified atom stereocenters. The lowest BCUT2D eigenvalue weighted by atomic mass is 10.1. The summed E-state index contributed by atoms with van der Waals surface area (Å²) in [4.78, 5) is 24.4. The number of amides is 3. The molecule has 1 aliphatic heterocycles. The Kier molecular flexibility index (Phi) is 3.15. The molecule has 1 aromatic carbocycles. The summed E-state index contributed by atoms with van der Waals surface area (Å²) in [6.07, 6.45) is 0. The van der Waals surface area contributed by atoms with Crippen molar-refractivity contribution in [3.8, 4) is 0 Å². The average molecular weight is 301 g/mol. The molecule has 1 atom stereocenters. The molecule has 90 valence electrons. The number of nitrogens with zero attached hydrogens (tertiary/aromatic N) is 1. The minimum Gasteiger partial charge on any atom is -0.292 e. The van der Waals surface area contributed by atoms with Crippen LogP contribution in [0.3, 0.4) is 0 Å². The molecule has 1 aromatic rings. The maximum absolute atomic E-state index is 12.9. The summed E-state index contributed by atoms with van der Waals surface area (Å²) in [5.41, 5.74) is 0.545. The number of imide groups is 1. The highest BCUT2D eigenvalue weighted by atomic mass is 79.9. The van der Waals surface area contributed by atoms with Crippen LogP contribution in [0.5, 0.6) is 0 Å². The molecular formula is C11H10BrFN2O2. The van der Waals surface area contributed by atoms with E-state index < -0.39 is 6.03 Å². The van der Waals surface area contributed by atoms with Gasteiger partial charge in [-0.1, -0.05) is 6.92 Å². The zero-order chi connectivity index (χ0) is 12.6. The summed E-state index contributed by atoms with van der Waals surface area (Å²) in [5, 5.41) is 2.25. The van der Waals surface area contributed by atoms with Gasteiger partial charge in [0.25, 0.3) is 0 Å². The van der Waals surface area contributed by atoms with Crippen molar-refractivity contribution in [2.45, 2.75) is 6.92 Å². The molecule has 1 saturated heterocycles. The van der Waals surface area contributed by atoms with Crippen molar-refractivity contribution < 1.29 is 14.0 Å². The van der Waals surface area contributed by atoms with E-state index in [-0.39, 0.29) is 24.2 Å². The number of hydrogen-bond acceptors (Lipinski definition) is 2. The topological polar surface area (TPSA) is 49.4 Å². The third-order valence-electron chi connectivity index (χ3n) is 2.58. The number of hydrogen-bond donors (Lipinski definition) is 1. The number of benzene rings is 1. The van der Waals surface area contributed by atoms with E-state index in [9.17, 15) is 14.0 Å². The average Bonchev–Trinajstić information content (AvgIpc) is 2.24. The largest absolute Gasteiger partial charge is 0.328 e. The highest BCUT2D eigenvalue weighted by molar-refractivity contribution is 9.10. The molecule has 1 N–H and O–H groups in total. The van der Waals surface area contributed by atoms with Crippen LogP contribution in [0.4, 0.5) is 14.9 Å². The fourth-order valence-electron chi connectivity index (χ4n) is 1.64. The zero-order valence-electron chi connectivity index (χ0n) is 9.04. The first-order valence-corrected chi connectivity index (χ1v) is 5.85. The van der Waals surface area contributed by atoms with Crippen LogP contribution in [0.2, 0.25) is 0 Å². The molecule has 0 aliphatic carbocycles. The SMILES string of the molecule is CC1CN(c2ccc(F)cc2Br)C(=O)NC1=O. The number of urea groups is 1. The standard InChI is InChI=1S/C11H10BrFN2O2/c1-6-5-15(11(17)14-10(6)16)9-3-2-7(13)4-8(9)12/h2-4,6H,5H2,1H3,(H,14,16,17). The molecule has 1 fully saturated rings. The Morgan fingerprint density at radius 1 is 1.47 bits per heavy atom. The lowest BCUT2D eigenvalue weighted by Gasteiger charge is -2.30. The van der Waals surface area contributed by atoms with Gasteiger partial charge in [0.15, 0.2) is 0 Å². The Labute approximate surface area is 106 Å². The van der Waals surface area contributed by atoms with Crippen LogP contribution in [-0.4, -0.2) is 18.5 Å². The summed E-state index contributed by atoms with van der Waals surface area (Å²) in [5.74, 6) is -0.962. The summed E-state index contributed by atoms with van der Waals surface area (Å²) < 4.78 is 13.4. The molecule has 0 saturated carbocycles. The number of nitrogens with one attached hydrogen (secondary N) is 1. The summed E-state index contributed by atoms with van der Waals surface area (Å²) in [7, 11) is 0. The second-order valence-corrected chi connectivity index (χ2v) is 4.76. The molecule has 1 aliphatic rings. The highest BCUT2D eigenvalue weighted by Gasteiger charge is 2.30. The van der Waals surface area contributed by atoms with Gasteiger partial charge < -0.3 is 0 Å². The van der Waals surface area contributed by atoms with Gasteiger partial charge in [0.1, 0.15) is 5.82 Å². The molecule has 0 aromatic heterocycles. The second-order valence-electron chi connectivity index (χ2n) is 3.90. The van der Waals surface area contributed by atoms with Gasteiger partial charge >= 0.3 is 6.03 Å². The summed E-state index contributed by atoms with van der Waals surface area (Å²) >= 11 is 3.20. The molecular weight excluding hydrogens is 291 g/mol. The Hall–Kier alpha value is -1.43. The maximum atomic E-state index is 12.9. The number of halogens is 2. The van der Waals surface area contributed by atoms with Crippen LogP contribution in [0.15, 0.2) is 22.7 Å². The van der Waals surface area contributed by atoms with Crippen LogP contribution in [0.1, 0.15) is 6.92 Å². The van der Waals surface area contributed by atoms with Crippen LogP contribution in [0, 0.1) is 11.7 Å². The Morgan fingerprint density at radius 2 is 2.18 bits per heavy atom. The predicted octanol–water partition coefficient (Wildman–Crippen LogP) is 2.28. The first kappa shape index (κ1) is 12.0. The van der Waals surface area contributed by atoms with Gasteiger partial charge in [-0.2, -0.15) is 0 Å². The van der Waals surface area contributed by atoms with Crippen molar-refractivity contribution >= 4 is 33.6 Å². The van der Waals surface area contributed by atoms with E-state index in [1.165, 1.54) is 23.1 Å². The predicted molar refractivity (Wildman–Crippen MR) is 64.1 cm³/mol. The van der Waals surface area contributed by atoms with E-state index in [2.05, 4.69) is 21.2 Å². The molecule has 0 spiro atoms. The van der Waals surface area contributed by atoms with E-state index in [0.29, 0.717) is 10.2 Å². The van der Waals surface area contributed by atoms with E-state index in [1.807, 2.05) is 0 Å². The number of anilines is 1. The van der Waals surface area contributed by atoms with Crippen molar-refractivity contribution in [2.24, 2.45) is 5.92 Å². The van der Waals surface area contributed by atoms with E-state index >= 15 is 0 Å². The molecule has 0 bridgehead atoms. The maximum Gasteiger partial charge on any atom is 0.328 e. The second kappa shape index (κ2) is 4.44. The molecule has 0 radical (unpaired) electrons. The number of rotatable bonds is 1. The molecule has 1 heterocycles. The van der Waals surface area contributed by atoms with Crippen molar-refractivity contribution in [1.82, 2.24) is 5.32 Å². The van der Waals surface area contributed by atoms with Crippen LogP contribution < -0.4 is 10.2 Å². The fourth-order valence-corrected chi connectivity index (χ4v) is 2.21. The van der Waals surface area contributed by atoms with Gasteiger partial charge in [0, 0.05) is 11.0 Å². The van der Waals surface area contributed by atoms with Gasteiger partial charge in [-0.25, -0.2) is 9.18 Å². The summed E-state index contributed by atoms with van der Waals surface area (Å²) in [6, 6.07) is 3.57. The zero-order valence-corrected chi connectivity index (χ0v) is 10.6. The third kappa shape index (κ3) is 2.31. The normalized spacial score (nSPS) is 20.4. The van der Waals surface area contributed by atoms with Gasteiger partial charge in [0.2, 0.25) is 5.91 Å². The first-order valence-electron chi connectivity index (χ1n) is 5.06. The van der Waals surface area contributed by atoms with E-state index in [1.54, 1.807) is 6.92 Å². The highest BCUT2D eigenvalue weighted by Crippen LogP contribution is 2.28. The lowest BCUT2D eigenvalue weighted by molar-refractivity contribution is -0.123. The first-order chi connectivity index (χ1) is 7.99. The number of carbonyl (C=O) groups excluding carboxylic acids is 2. The van der Waals surface area contributed by atoms with Gasteiger partial charge in [-0.15, -0.1) is 0 Å². The van der Waals surface area contributed by atoms with E-state index in [0.717, 1.165) is 0 Å². The van der Waals surface area contributed by atoms with E-state index in [4.69, 9.17) is 0 Å². The minimum absolute atomic E-state index is 0.287. The summed E-state index contributed by atoms with van der Waals surface area (Å²) in [6.45, 7) is 2.01. The third-order valence-corrected chi connectivity index (χ3v) is 3.21. The van der Waals surface area contributed by atoms with Crippen molar-refractivity contribution in [1.29, 1.82) is 0 Å². The molecule has 17 heavy (non-hydrogen) atoms. The Balaban J connectivity index is 2.33. The number of carbonyl (C=O) groups is 2. The molecule has 6 heteroatoms. The van der Waals surface area contributed by atoms with Crippen LogP contribution >= 0.6 is 15.9 Å². The van der Waals surface area contributed by atoms with Gasteiger partial charge in [-0.3, -0.25) is 15.0 Å².